The summed E-state index contributed by atoms with van der Waals surface area (Å²) < 4.78 is 5.25. The summed E-state index contributed by atoms with van der Waals surface area (Å²) in [7, 11) is 0. The first-order valence-corrected chi connectivity index (χ1v) is 5.55. The third-order valence-corrected chi connectivity index (χ3v) is 3.37. The van der Waals surface area contributed by atoms with Gasteiger partial charge in [-0.2, -0.15) is 0 Å². The van der Waals surface area contributed by atoms with Gasteiger partial charge in [0.05, 0.1) is 16.4 Å². The van der Waals surface area contributed by atoms with Gasteiger partial charge in [0.15, 0.2) is 6.29 Å². The standard InChI is InChI=1S/C10H13NO2S/c1-7-6-8(10(12)13-7)14-9-4-2-3-5-11-9/h2-5,7-8,10,12H,6H2,1H3. The van der Waals surface area contributed by atoms with E-state index in [0.29, 0.717) is 0 Å². The molecule has 0 saturated carbocycles. The molecule has 1 fully saturated rings. The van der Waals surface area contributed by atoms with Crippen LogP contribution in [-0.2, 0) is 4.74 Å². The normalized spacial score (nSPS) is 32.0. The molecule has 1 aliphatic heterocycles. The lowest BCUT2D eigenvalue weighted by Gasteiger charge is -2.10. The van der Waals surface area contributed by atoms with Gasteiger partial charge in [-0.15, -0.1) is 0 Å². The van der Waals surface area contributed by atoms with Gasteiger partial charge in [-0.3, -0.25) is 0 Å². The van der Waals surface area contributed by atoms with E-state index in [9.17, 15) is 5.11 Å². The highest BCUT2D eigenvalue weighted by molar-refractivity contribution is 7.99. The SMILES string of the molecule is CC1CC(Sc2ccccn2)C(O)O1. The molecule has 3 atom stereocenters. The maximum absolute atomic E-state index is 9.55. The molecule has 0 spiro atoms. The molecule has 76 valence electrons. The summed E-state index contributed by atoms with van der Waals surface area (Å²) in [5.41, 5.74) is 0. The van der Waals surface area contributed by atoms with E-state index < -0.39 is 6.29 Å². The maximum atomic E-state index is 9.55. The molecule has 1 aromatic heterocycles. The van der Waals surface area contributed by atoms with Crippen molar-refractivity contribution in [1.82, 2.24) is 4.98 Å². The Morgan fingerprint density at radius 1 is 1.57 bits per heavy atom. The van der Waals surface area contributed by atoms with Gasteiger partial charge in [0.1, 0.15) is 0 Å². The van der Waals surface area contributed by atoms with Gasteiger partial charge >= 0.3 is 0 Å². The van der Waals surface area contributed by atoms with Crippen LogP contribution in [0.4, 0.5) is 0 Å². The molecule has 1 aliphatic rings. The lowest BCUT2D eigenvalue weighted by molar-refractivity contribution is -0.0827. The fourth-order valence-electron chi connectivity index (χ4n) is 1.50. The summed E-state index contributed by atoms with van der Waals surface area (Å²) in [6.45, 7) is 1.97. The molecule has 2 rings (SSSR count). The zero-order valence-electron chi connectivity index (χ0n) is 7.96. The van der Waals surface area contributed by atoms with Crippen LogP contribution in [0.3, 0.4) is 0 Å². The average molecular weight is 211 g/mol. The lowest BCUT2D eigenvalue weighted by Crippen LogP contribution is -2.16. The molecule has 1 aromatic rings. The van der Waals surface area contributed by atoms with Crippen molar-refractivity contribution < 1.29 is 9.84 Å². The summed E-state index contributed by atoms with van der Waals surface area (Å²) in [4.78, 5) is 4.20. The molecule has 0 amide bonds. The summed E-state index contributed by atoms with van der Waals surface area (Å²) >= 11 is 1.58. The van der Waals surface area contributed by atoms with Gasteiger partial charge in [-0.25, -0.2) is 4.98 Å². The van der Waals surface area contributed by atoms with Crippen molar-refractivity contribution in [2.75, 3.05) is 0 Å². The van der Waals surface area contributed by atoms with Gasteiger partial charge < -0.3 is 9.84 Å². The summed E-state index contributed by atoms with van der Waals surface area (Å²) in [5.74, 6) is 0. The summed E-state index contributed by atoms with van der Waals surface area (Å²) in [5, 5.41) is 10.6. The molecular weight excluding hydrogens is 198 g/mol. The Morgan fingerprint density at radius 2 is 2.43 bits per heavy atom. The lowest BCUT2D eigenvalue weighted by atomic mass is 10.2. The molecule has 0 aromatic carbocycles. The highest BCUT2D eigenvalue weighted by atomic mass is 32.2. The Hall–Kier alpha value is -0.580. The minimum absolute atomic E-state index is 0.111. The summed E-state index contributed by atoms with van der Waals surface area (Å²) in [6, 6.07) is 5.77. The largest absolute Gasteiger partial charge is 0.367 e. The molecule has 2 heterocycles. The predicted molar refractivity (Wildman–Crippen MR) is 55.1 cm³/mol. The minimum atomic E-state index is -0.656. The molecule has 3 unspecified atom stereocenters. The first-order valence-electron chi connectivity index (χ1n) is 4.67. The number of pyridine rings is 1. The van der Waals surface area contributed by atoms with E-state index in [1.54, 1.807) is 18.0 Å². The number of hydrogen-bond donors (Lipinski definition) is 1. The second-order valence-electron chi connectivity index (χ2n) is 3.40. The molecular formula is C10H13NO2S. The minimum Gasteiger partial charge on any atom is -0.367 e. The number of aliphatic hydroxyl groups excluding tert-OH is 1. The molecule has 3 nitrogen and oxygen atoms in total. The van der Waals surface area contributed by atoms with Crippen molar-refractivity contribution in [3.8, 4) is 0 Å². The molecule has 1 N–H and O–H groups in total. The van der Waals surface area contributed by atoms with Crippen molar-refractivity contribution in [2.45, 2.75) is 36.0 Å². The molecule has 0 radical (unpaired) electrons. The number of hydrogen-bond acceptors (Lipinski definition) is 4. The van der Waals surface area contributed by atoms with E-state index in [2.05, 4.69) is 4.98 Å². The second-order valence-corrected chi connectivity index (χ2v) is 4.66. The average Bonchev–Trinajstić information content (AvgIpc) is 2.47. The van der Waals surface area contributed by atoms with Crippen LogP contribution >= 0.6 is 11.8 Å². The van der Waals surface area contributed by atoms with Crippen molar-refractivity contribution in [3.05, 3.63) is 24.4 Å². The van der Waals surface area contributed by atoms with Crippen LogP contribution in [0, 0.1) is 0 Å². The van der Waals surface area contributed by atoms with Gasteiger partial charge in [-0.05, 0) is 25.5 Å². The number of rotatable bonds is 2. The van der Waals surface area contributed by atoms with Gasteiger partial charge in [0.25, 0.3) is 0 Å². The van der Waals surface area contributed by atoms with Crippen LogP contribution in [0.15, 0.2) is 29.4 Å². The van der Waals surface area contributed by atoms with E-state index in [0.717, 1.165) is 11.4 Å². The van der Waals surface area contributed by atoms with Gasteiger partial charge in [-0.1, -0.05) is 17.8 Å². The predicted octanol–water partition coefficient (Wildman–Crippen LogP) is 1.67. The number of nitrogens with zero attached hydrogens (tertiary/aromatic N) is 1. The van der Waals surface area contributed by atoms with Crippen molar-refractivity contribution in [1.29, 1.82) is 0 Å². The third kappa shape index (κ3) is 2.26. The van der Waals surface area contributed by atoms with Crippen LogP contribution in [0.2, 0.25) is 0 Å². The Morgan fingerprint density at radius 3 is 3.00 bits per heavy atom. The quantitative estimate of drug-likeness (QED) is 0.808. The third-order valence-electron chi connectivity index (χ3n) is 2.16. The number of ether oxygens (including phenoxy) is 1. The van der Waals surface area contributed by atoms with Crippen LogP contribution in [0.25, 0.3) is 0 Å². The Balaban J connectivity index is 1.98. The Bertz CT molecular complexity index is 293. The number of aliphatic hydroxyl groups is 1. The van der Waals surface area contributed by atoms with Crippen molar-refractivity contribution >= 4 is 11.8 Å². The van der Waals surface area contributed by atoms with Gasteiger partial charge in [0, 0.05) is 6.20 Å². The summed E-state index contributed by atoms with van der Waals surface area (Å²) in [6.07, 6.45) is 2.12. The van der Waals surface area contributed by atoms with Crippen LogP contribution in [-0.4, -0.2) is 27.7 Å². The molecule has 1 saturated heterocycles. The molecule has 14 heavy (non-hydrogen) atoms. The topological polar surface area (TPSA) is 42.4 Å². The Kier molecular flexibility index (Phi) is 3.05. The van der Waals surface area contributed by atoms with Gasteiger partial charge in [0.2, 0.25) is 0 Å². The highest BCUT2D eigenvalue weighted by Gasteiger charge is 2.32. The molecule has 0 bridgehead atoms. The zero-order chi connectivity index (χ0) is 9.97. The van der Waals surface area contributed by atoms with E-state index in [4.69, 9.17) is 4.74 Å². The second kappa shape index (κ2) is 4.29. The smallest absolute Gasteiger partial charge is 0.167 e. The highest BCUT2D eigenvalue weighted by Crippen LogP contribution is 2.33. The fourth-order valence-corrected chi connectivity index (χ4v) is 2.64. The van der Waals surface area contributed by atoms with E-state index in [-0.39, 0.29) is 11.4 Å². The van der Waals surface area contributed by atoms with Crippen LogP contribution in [0.1, 0.15) is 13.3 Å². The first kappa shape index (κ1) is 9.96. The van der Waals surface area contributed by atoms with Crippen molar-refractivity contribution in [3.63, 3.8) is 0 Å². The fraction of sp³-hybridized carbons (Fsp3) is 0.500. The van der Waals surface area contributed by atoms with E-state index in [1.807, 2.05) is 25.1 Å². The van der Waals surface area contributed by atoms with E-state index >= 15 is 0 Å². The number of aromatic nitrogens is 1. The molecule has 0 aliphatic carbocycles. The first-order chi connectivity index (χ1) is 6.75. The molecule has 4 heteroatoms. The monoisotopic (exact) mass is 211 g/mol. The maximum Gasteiger partial charge on any atom is 0.167 e. The number of thioether (sulfide) groups is 1. The zero-order valence-corrected chi connectivity index (χ0v) is 8.78. The van der Waals surface area contributed by atoms with Crippen LogP contribution < -0.4 is 0 Å². The van der Waals surface area contributed by atoms with Crippen molar-refractivity contribution in [2.24, 2.45) is 0 Å². The van der Waals surface area contributed by atoms with E-state index in [1.165, 1.54) is 0 Å². The Labute approximate surface area is 87.5 Å². The van der Waals surface area contributed by atoms with Crippen LogP contribution in [0.5, 0.6) is 0 Å².